The molecular formula is C18H21N. The highest BCUT2D eigenvalue weighted by Crippen LogP contribution is 2.50. The van der Waals surface area contributed by atoms with Crippen LogP contribution >= 0.6 is 0 Å². The van der Waals surface area contributed by atoms with E-state index in [0.29, 0.717) is 0 Å². The summed E-state index contributed by atoms with van der Waals surface area (Å²) >= 11 is 0. The molecule has 0 aliphatic heterocycles. The van der Waals surface area contributed by atoms with E-state index in [1.807, 2.05) is 6.07 Å². The molecule has 3 atom stereocenters. The van der Waals surface area contributed by atoms with Crippen LogP contribution in [-0.2, 0) is 0 Å². The summed E-state index contributed by atoms with van der Waals surface area (Å²) in [6.07, 6.45) is 3.68. The molecule has 0 aromatic heterocycles. The van der Waals surface area contributed by atoms with Gasteiger partial charge in [-0.05, 0) is 42.2 Å². The van der Waals surface area contributed by atoms with Gasteiger partial charge < -0.3 is 5.73 Å². The van der Waals surface area contributed by atoms with Gasteiger partial charge in [-0.2, -0.15) is 0 Å². The van der Waals surface area contributed by atoms with Crippen LogP contribution in [0.2, 0.25) is 0 Å². The SMILES string of the molecule is NC(CCC1CC1c1ccccc1)c1ccccc1. The number of hydrogen-bond donors (Lipinski definition) is 1. The van der Waals surface area contributed by atoms with Crippen LogP contribution in [0.25, 0.3) is 0 Å². The molecule has 1 aliphatic rings. The Morgan fingerprint density at radius 3 is 2.26 bits per heavy atom. The third-order valence-corrected chi connectivity index (χ3v) is 4.23. The van der Waals surface area contributed by atoms with Crippen molar-refractivity contribution in [1.82, 2.24) is 0 Å². The largest absolute Gasteiger partial charge is 0.324 e. The Morgan fingerprint density at radius 1 is 0.947 bits per heavy atom. The van der Waals surface area contributed by atoms with Gasteiger partial charge in [-0.1, -0.05) is 60.7 Å². The molecule has 1 aliphatic carbocycles. The van der Waals surface area contributed by atoms with E-state index in [0.717, 1.165) is 18.3 Å². The van der Waals surface area contributed by atoms with Crippen LogP contribution in [-0.4, -0.2) is 0 Å². The fourth-order valence-corrected chi connectivity index (χ4v) is 2.94. The number of rotatable bonds is 5. The highest BCUT2D eigenvalue weighted by Gasteiger charge is 2.37. The molecule has 2 N–H and O–H groups in total. The number of hydrogen-bond acceptors (Lipinski definition) is 1. The molecule has 3 unspecified atom stereocenters. The van der Waals surface area contributed by atoms with Crippen molar-refractivity contribution in [2.24, 2.45) is 11.7 Å². The van der Waals surface area contributed by atoms with E-state index in [4.69, 9.17) is 5.73 Å². The first kappa shape index (κ1) is 12.4. The molecule has 0 radical (unpaired) electrons. The zero-order valence-electron chi connectivity index (χ0n) is 11.2. The molecule has 1 fully saturated rings. The predicted octanol–water partition coefficient (Wildman–Crippen LogP) is 4.27. The normalized spacial score (nSPS) is 23.0. The average Bonchev–Trinajstić information content (AvgIpc) is 3.26. The smallest absolute Gasteiger partial charge is 0.0294 e. The van der Waals surface area contributed by atoms with Crippen molar-refractivity contribution in [2.45, 2.75) is 31.2 Å². The maximum atomic E-state index is 6.26. The molecule has 0 spiro atoms. The van der Waals surface area contributed by atoms with Crippen molar-refractivity contribution in [1.29, 1.82) is 0 Å². The molecule has 0 amide bonds. The highest BCUT2D eigenvalue weighted by molar-refractivity contribution is 5.25. The maximum Gasteiger partial charge on any atom is 0.0294 e. The van der Waals surface area contributed by atoms with Crippen molar-refractivity contribution in [2.75, 3.05) is 0 Å². The number of benzene rings is 2. The topological polar surface area (TPSA) is 26.0 Å². The summed E-state index contributed by atoms with van der Waals surface area (Å²) in [6, 6.07) is 21.5. The summed E-state index contributed by atoms with van der Waals surface area (Å²) in [5, 5.41) is 0. The molecule has 2 aromatic rings. The molecule has 98 valence electrons. The molecule has 0 bridgehead atoms. The van der Waals surface area contributed by atoms with Gasteiger partial charge in [-0.25, -0.2) is 0 Å². The summed E-state index contributed by atoms with van der Waals surface area (Å²) in [7, 11) is 0. The Bertz CT molecular complexity index is 506. The fourth-order valence-electron chi connectivity index (χ4n) is 2.94. The molecule has 1 heteroatoms. The third kappa shape index (κ3) is 3.05. The van der Waals surface area contributed by atoms with E-state index < -0.39 is 0 Å². The average molecular weight is 251 g/mol. The Morgan fingerprint density at radius 2 is 1.58 bits per heavy atom. The zero-order chi connectivity index (χ0) is 13.1. The van der Waals surface area contributed by atoms with E-state index >= 15 is 0 Å². The zero-order valence-corrected chi connectivity index (χ0v) is 11.2. The van der Waals surface area contributed by atoms with Crippen LogP contribution in [0, 0.1) is 5.92 Å². The molecule has 1 saturated carbocycles. The standard InChI is InChI=1S/C18H21N/c19-18(15-9-5-2-6-10-15)12-11-16-13-17(16)14-7-3-1-4-8-14/h1-10,16-18H,11-13,19H2. The van der Waals surface area contributed by atoms with Crippen molar-refractivity contribution >= 4 is 0 Å². The molecule has 2 aromatic carbocycles. The maximum absolute atomic E-state index is 6.26. The minimum absolute atomic E-state index is 0.193. The van der Waals surface area contributed by atoms with Gasteiger partial charge in [0.2, 0.25) is 0 Å². The second kappa shape index (κ2) is 5.58. The Balaban J connectivity index is 1.50. The van der Waals surface area contributed by atoms with Crippen LogP contribution in [0.15, 0.2) is 60.7 Å². The lowest BCUT2D eigenvalue weighted by molar-refractivity contribution is 0.567. The molecule has 3 rings (SSSR count). The quantitative estimate of drug-likeness (QED) is 0.843. The van der Waals surface area contributed by atoms with Crippen LogP contribution in [0.4, 0.5) is 0 Å². The van der Waals surface area contributed by atoms with Crippen molar-refractivity contribution in [3.63, 3.8) is 0 Å². The first-order valence-corrected chi connectivity index (χ1v) is 7.20. The summed E-state index contributed by atoms with van der Waals surface area (Å²) in [5.74, 6) is 1.63. The van der Waals surface area contributed by atoms with Gasteiger partial charge in [0.15, 0.2) is 0 Å². The second-order valence-corrected chi connectivity index (χ2v) is 5.61. The summed E-state index contributed by atoms with van der Waals surface area (Å²) in [4.78, 5) is 0. The Hall–Kier alpha value is -1.60. The lowest BCUT2D eigenvalue weighted by Gasteiger charge is -2.11. The van der Waals surface area contributed by atoms with E-state index in [-0.39, 0.29) is 6.04 Å². The first-order valence-electron chi connectivity index (χ1n) is 7.20. The van der Waals surface area contributed by atoms with E-state index in [1.165, 1.54) is 24.0 Å². The minimum atomic E-state index is 0.193. The Kier molecular flexibility index (Phi) is 3.65. The van der Waals surface area contributed by atoms with E-state index in [9.17, 15) is 0 Å². The summed E-state index contributed by atoms with van der Waals surface area (Å²) in [6.45, 7) is 0. The summed E-state index contributed by atoms with van der Waals surface area (Å²) < 4.78 is 0. The van der Waals surface area contributed by atoms with Gasteiger partial charge in [-0.15, -0.1) is 0 Å². The van der Waals surface area contributed by atoms with Gasteiger partial charge in [0.1, 0.15) is 0 Å². The molecular weight excluding hydrogens is 230 g/mol. The van der Waals surface area contributed by atoms with Crippen molar-refractivity contribution in [3.8, 4) is 0 Å². The number of nitrogens with two attached hydrogens (primary N) is 1. The third-order valence-electron chi connectivity index (χ3n) is 4.23. The van der Waals surface area contributed by atoms with E-state index in [2.05, 4.69) is 54.6 Å². The van der Waals surface area contributed by atoms with E-state index in [1.54, 1.807) is 0 Å². The second-order valence-electron chi connectivity index (χ2n) is 5.61. The molecule has 0 saturated heterocycles. The van der Waals surface area contributed by atoms with Gasteiger partial charge in [-0.3, -0.25) is 0 Å². The fraction of sp³-hybridized carbons (Fsp3) is 0.333. The highest BCUT2D eigenvalue weighted by atomic mass is 14.6. The van der Waals surface area contributed by atoms with Crippen molar-refractivity contribution in [3.05, 3.63) is 71.8 Å². The lowest BCUT2D eigenvalue weighted by Crippen LogP contribution is -2.10. The molecule has 1 nitrogen and oxygen atoms in total. The molecule has 0 heterocycles. The van der Waals surface area contributed by atoms with Crippen LogP contribution in [0.1, 0.15) is 42.3 Å². The summed E-state index contributed by atoms with van der Waals surface area (Å²) in [5.41, 5.74) is 9.02. The van der Waals surface area contributed by atoms with Gasteiger partial charge in [0.05, 0.1) is 0 Å². The lowest BCUT2D eigenvalue weighted by atomic mass is 10.00. The Labute approximate surface area is 115 Å². The first-order chi connectivity index (χ1) is 9.34. The van der Waals surface area contributed by atoms with Crippen LogP contribution in [0.3, 0.4) is 0 Å². The van der Waals surface area contributed by atoms with Crippen LogP contribution < -0.4 is 5.73 Å². The predicted molar refractivity (Wildman–Crippen MR) is 79.9 cm³/mol. The minimum Gasteiger partial charge on any atom is -0.324 e. The van der Waals surface area contributed by atoms with Crippen molar-refractivity contribution < 1.29 is 0 Å². The monoisotopic (exact) mass is 251 g/mol. The van der Waals surface area contributed by atoms with Gasteiger partial charge >= 0.3 is 0 Å². The van der Waals surface area contributed by atoms with Gasteiger partial charge in [0.25, 0.3) is 0 Å². The van der Waals surface area contributed by atoms with Gasteiger partial charge in [0, 0.05) is 6.04 Å². The van der Waals surface area contributed by atoms with Crippen LogP contribution in [0.5, 0.6) is 0 Å². The molecule has 19 heavy (non-hydrogen) atoms.